The van der Waals surface area contributed by atoms with Gasteiger partial charge in [0.1, 0.15) is 11.2 Å². The number of hydrogen-bond acceptors (Lipinski definition) is 5. The summed E-state index contributed by atoms with van der Waals surface area (Å²) < 4.78 is 24.2. The Balaban J connectivity index is 1.46. The van der Waals surface area contributed by atoms with Gasteiger partial charge in [0.25, 0.3) is 0 Å². The van der Waals surface area contributed by atoms with Gasteiger partial charge in [0.15, 0.2) is 0 Å². The van der Waals surface area contributed by atoms with Crippen LogP contribution in [0.25, 0.3) is 0 Å². The number of ether oxygens (including phenoxy) is 4. The Labute approximate surface area is 169 Å². The van der Waals surface area contributed by atoms with Crippen molar-refractivity contribution < 1.29 is 23.7 Å². The van der Waals surface area contributed by atoms with Crippen molar-refractivity contribution in [1.29, 1.82) is 0 Å². The molecule has 4 aliphatic rings. The summed E-state index contributed by atoms with van der Waals surface area (Å²) in [6.45, 7) is 6.41. The first-order chi connectivity index (χ1) is 13.4. The van der Waals surface area contributed by atoms with Crippen LogP contribution in [0.2, 0.25) is 0 Å². The summed E-state index contributed by atoms with van der Waals surface area (Å²) in [6, 6.07) is 0. The Morgan fingerprint density at radius 2 is 1.86 bits per heavy atom. The SMILES string of the molecule is COC1CCCC2(OC2OC(=O)C2CCCCC2)C1C1(C)OC1CC=C(C)C. The van der Waals surface area contributed by atoms with Crippen molar-refractivity contribution in [3.63, 3.8) is 0 Å². The summed E-state index contributed by atoms with van der Waals surface area (Å²) in [6.07, 6.45) is 11.3. The van der Waals surface area contributed by atoms with Crippen LogP contribution in [0.15, 0.2) is 11.6 Å². The minimum Gasteiger partial charge on any atom is -0.432 e. The highest BCUT2D eigenvalue weighted by molar-refractivity contribution is 5.73. The summed E-state index contributed by atoms with van der Waals surface area (Å²) in [5.41, 5.74) is 0.595. The molecule has 0 bridgehead atoms. The van der Waals surface area contributed by atoms with Gasteiger partial charge in [0.05, 0.1) is 24.0 Å². The largest absolute Gasteiger partial charge is 0.432 e. The summed E-state index contributed by atoms with van der Waals surface area (Å²) in [4.78, 5) is 12.7. The Morgan fingerprint density at radius 1 is 1.11 bits per heavy atom. The van der Waals surface area contributed by atoms with Gasteiger partial charge < -0.3 is 18.9 Å². The molecule has 2 aliphatic carbocycles. The van der Waals surface area contributed by atoms with Gasteiger partial charge in [-0.25, -0.2) is 0 Å². The lowest BCUT2D eigenvalue weighted by molar-refractivity contribution is -0.155. The summed E-state index contributed by atoms with van der Waals surface area (Å²) >= 11 is 0. The minimum atomic E-state index is -0.435. The first-order valence-electron chi connectivity index (χ1n) is 11.1. The Kier molecular flexibility index (Phi) is 5.62. The maximum Gasteiger partial charge on any atom is 0.311 e. The Bertz CT molecular complexity index is 620. The second kappa shape index (κ2) is 7.73. The highest BCUT2D eigenvalue weighted by Gasteiger charge is 2.76. The predicted octanol–water partition coefficient (Wildman–Crippen LogP) is 4.53. The molecule has 0 N–H and O–H groups in total. The van der Waals surface area contributed by atoms with E-state index in [1.807, 2.05) is 0 Å². The van der Waals surface area contributed by atoms with Gasteiger partial charge in [-0.3, -0.25) is 4.79 Å². The zero-order valence-electron chi connectivity index (χ0n) is 17.9. The maximum absolute atomic E-state index is 12.7. The third kappa shape index (κ3) is 3.66. The third-order valence-corrected chi connectivity index (χ3v) is 7.42. The summed E-state index contributed by atoms with van der Waals surface area (Å²) in [7, 11) is 1.78. The van der Waals surface area contributed by atoms with Crippen molar-refractivity contribution in [3.05, 3.63) is 11.6 Å². The molecule has 2 aliphatic heterocycles. The zero-order valence-corrected chi connectivity index (χ0v) is 17.9. The molecular formula is C23H36O5. The minimum absolute atomic E-state index is 0.0495. The molecule has 28 heavy (non-hydrogen) atoms. The summed E-state index contributed by atoms with van der Waals surface area (Å²) in [5.74, 6) is 0.0785. The van der Waals surface area contributed by atoms with Gasteiger partial charge in [-0.05, 0) is 59.3 Å². The van der Waals surface area contributed by atoms with Crippen LogP contribution in [0.1, 0.15) is 78.6 Å². The van der Waals surface area contributed by atoms with E-state index in [9.17, 15) is 4.79 Å². The smallest absolute Gasteiger partial charge is 0.311 e. The van der Waals surface area contributed by atoms with E-state index in [1.54, 1.807) is 7.11 Å². The van der Waals surface area contributed by atoms with Crippen LogP contribution in [0.4, 0.5) is 0 Å². The molecule has 158 valence electrons. The molecule has 2 saturated carbocycles. The van der Waals surface area contributed by atoms with E-state index in [2.05, 4.69) is 26.8 Å². The van der Waals surface area contributed by atoms with Crippen molar-refractivity contribution in [2.75, 3.05) is 7.11 Å². The van der Waals surface area contributed by atoms with Crippen molar-refractivity contribution in [3.8, 4) is 0 Å². The standard InChI is InChI=1S/C23H36O5/c1-15(2)12-13-18-22(3,27-18)19-17(25-4)11-8-14-23(19)21(28-23)26-20(24)16-9-6-5-7-10-16/h12,16-19,21H,5-11,13-14H2,1-4H3. The molecule has 0 radical (unpaired) electrons. The second-order valence-electron chi connectivity index (χ2n) is 9.63. The molecule has 0 amide bonds. The average molecular weight is 393 g/mol. The number of esters is 1. The van der Waals surface area contributed by atoms with Crippen molar-refractivity contribution >= 4 is 5.97 Å². The van der Waals surface area contributed by atoms with Gasteiger partial charge in [-0.15, -0.1) is 0 Å². The van der Waals surface area contributed by atoms with Crippen LogP contribution in [0.5, 0.6) is 0 Å². The van der Waals surface area contributed by atoms with Gasteiger partial charge >= 0.3 is 5.97 Å². The number of allylic oxidation sites excluding steroid dienone is 1. The predicted molar refractivity (Wildman–Crippen MR) is 106 cm³/mol. The zero-order chi connectivity index (χ0) is 19.9. The first-order valence-corrected chi connectivity index (χ1v) is 11.1. The fourth-order valence-corrected chi connectivity index (χ4v) is 5.72. The van der Waals surface area contributed by atoms with Crippen LogP contribution in [-0.2, 0) is 23.7 Å². The van der Waals surface area contributed by atoms with E-state index < -0.39 is 11.9 Å². The van der Waals surface area contributed by atoms with E-state index in [1.165, 1.54) is 12.0 Å². The quantitative estimate of drug-likeness (QED) is 0.377. The van der Waals surface area contributed by atoms with Crippen LogP contribution < -0.4 is 0 Å². The molecule has 2 heterocycles. The highest BCUT2D eigenvalue weighted by atomic mass is 16.8. The van der Waals surface area contributed by atoms with E-state index in [4.69, 9.17) is 18.9 Å². The maximum atomic E-state index is 12.7. The lowest BCUT2D eigenvalue weighted by Crippen LogP contribution is -2.50. The molecule has 0 aromatic carbocycles. The number of carbonyl (C=O) groups is 1. The normalized spacial score (nSPS) is 42.9. The molecule has 5 nitrogen and oxygen atoms in total. The highest BCUT2D eigenvalue weighted by Crippen LogP contribution is 2.62. The van der Waals surface area contributed by atoms with Crippen molar-refractivity contribution in [1.82, 2.24) is 0 Å². The van der Waals surface area contributed by atoms with E-state index in [0.29, 0.717) is 0 Å². The molecule has 2 saturated heterocycles. The Morgan fingerprint density at radius 3 is 2.54 bits per heavy atom. The topological polar surface area (TPSA) is 60.6 Å². The fourth-order valence-electron chi connectivity index (χ4n) is 5.72. The second-order valence-corrected chi connectivity index (χ2v) is 9.63. The third-order valence-electron chi connectivity index (χ3n) is 7.42. The molecule has 1 spiro atoms. The van der Waals surface area contributed by atoms with E-state index in [-0.39, 0.29) is 35.6 Å². The monoisotopic (exact) mass is 392 g/mol. The van der Waals surface area contributed by atoms with Crippen LogP contribution in [0.3, 0.4) is 0 Å². The van der Waals surface area contributed by atoms with Gasteiger partial charge in [-0.1, -0.05) is 30.9 Å². The number of methoxy groups -OCH3 is 1. The Hall–Kier alpha value is -0.910. The first kappa shape index (κ1) is 20.4. The molecule has 4 fully saturated rings. The van der Waals surface area contributed by atoms with E-state index >= 15 is 0 Å². The number of epoxide rings is 2. The number of carbonyl (C=O) groups excluding carboxylic acids is 1. The van der Waals surface area contributed by atoms with Gasteiger partial charge in [0.2, 0.25) is 6.29 Å². The lowest BCUT2D eigenvalue weighted by atomic mass is 9.69. The lowest BCUT2D eigenvalue weighted by Gasteiger charge is -2.38. The van der Waals surface area contributed by atoms with Gasteiger partial charge in [0, 0.05) is 7.11 Å². The van der Waals surface area contributed by atoms with Crippen LogP contribution in [-0.4, -0.2) is 42.8 Å². The molecule has 5 heteroatoms. The van der Waals surface area contributed by atoms with Crippen LogP contribution in [0, 0.1) is 11.8 Å². The fraction of sp³-hybridized carbons (Fsp3) is 0.870. The molecular weight excluding hydrogens is 356 g/mol. The molecule has 6 atom stereocenters. The molecule has 6 unspecified atom stereocenters. The molecule has 0 aromatic heterocycles. The average Bonchev–Trinajstić information content (AvgIpc) is 3.56. The van der Waals surface area contributed by atoms with Crippen molar-refractivity contribution in [2.45, 2.75) is 108 Å². The van der Waals surface area contributed by atoms with Gasteiger partial charge in [-0.2, -0.15) is 0 Å². The summed E-state index contributed by atoms with van der Waals surface area (Å²) in [5, 5.41) is 0. The van der Waals surface area contributed by atoms with E-state index in [0.717, 1.165) is 51.4 Å². The van der Waals surface area contributed by atoms with Crippen molar-refractivity contribution in [2.24, 2.45) is 11.8 Å². The number of rotatable bonds is 6. The van der Waals surface area contributed by atoms with Crippen LogP contribution >= 0.6 is 0 Å². The molecule has 4 rings (SSSR count). The molecule has 0 aromatic rings. The number of hydrogen-bond donors (Lipinski definition) is 0.